The standard InChI is InChI=1S/C15H13N3O3/c1-17-15(20)18-9-11(14(19)21-2)8-12(18)13(16-17)10-6-4-3-5-7-10/h3-9H,1-2H3. The number of hydrogen-bond donors (Lipinski definition) is 0. The van der Waals surface area contributed by atoms with E-state index in [0.29, 0.717) is 16.8 Å². The third kappa shape index (κ3) is 2.10. The summed E-state index contributed by atoms with van der Waals surface area (Å²) in [5, 5.41) is 4.30. The molecule has 0 unspecified atom stereocenters. The summed E-state index contributed by atoms with van der Waals surface area (Å²) in [6, 6.07) is 11.1. The van der Waals surface area contributed by atoms with E-state index in [1.807, 2.05) is 30.3 Å². The third-order valence-electron chi connectivity index (χ3n) is 3.26. The van der Waals surface area contributed by atoms with Gasteiger partial charge < -0.3 is 4.74 Å². The summed E-state index contributed by atoms with van der Waals surface area (Å²) in [6.45, 7) is 0. The average Bonchev–Trinajstić information content (AvgIpc) is 2.96. The van der Waals surface area contributed by atoms with Crippen LogP contribution in [-0.4, -0.2) is 27.3 Å². The van der Waals surface area contributed by atoms with Crippen molar-refractivity contribution in [2.24, 2.45) is 7.05 Å². The largest absolute Gasteiger partial charge is 0.465 e. The zero-order valence-corrected chi connectivity index (χ0v) is 11.6. The summed E-state index contributed by atoms with van der Waals surface area (Å²) in [5.41, 5.74) is 2.07. The van der Waals surface area contributed by atoms with Gasteiger partial charge in [0.25, 0.3) is 0 Å². The van der Waals surface area contributed by atoms with Gasteiger partial charge in [-0.15, -0.1) is 0 Å². The number of hydrogen-bond acceptors (Lipinski definition) is 4. The summed E-state index contributed by atoms with van der Waals surface area (Å²) in [4.78, 5) is 23.8. The Balaban J connectivity index is 2.35. The number of carbonyl (C=O) groups is 1. The van der Waals surface area contributed by atoms with Crippen LogP contribution in [0.15, 0.2) is 47.4 Å². The molecule has 0 aliphatic carbocycles. The lowest BCUT2D eigenvalue weighted by Crippen LogP contribution is -2.26. The van der Waals surface area contributed by atoms with Crippen molar-refractivity contribution in [3.05, 3.63) is 58.6 Å². The van der Waals surface area contributed by atoms with Gasteiger partial charge >= 0.3 is 11.7 Å². The third-order valence-corrected chi connectivity index (χ3v) is 3.26. The van der Waals surface area contributed by atoms with Gasteiger partial charge in [-0.1, -0.05) is 30.3 Å². The SMILES string of the molecule is COC(=O)c1cc2c(-c3ccccc3)nn(C)c(=O)n2c1. The Labute approximate surface area is 120 Å². The van der Waals surface area contributed by atoms with E-state index >= 15 is 0 Å². The highest BCUT2D eigenvalue weighted by Crippen LogP contribution is 2.22. The Morgan fingerprint density at radius 3 is 2.62 bits per heavy atom. The molecule has 0 atom stereocenters. The molecule has 0 N–H and O–H groups in total. The van der Waals surface area contributed by atoms with Crippen LogP contribution in [0, 0.1) is 0 Å². The number of methoxy groups -OCH3 is 1. The number of carbonyl (C=O) groups excluding carboxylic acids is 1. The number of aromatic nitrogens is 3. The minimum Gasteiger partial charge on any atom is -0.465 e. The second kappa shape index (κ2) is 4.90. The normalized spacial score (nSPS) is 10.8. The van der Waals surface area contributed by atoms with E-state index in [1.165, 1.54) is 22.4 Å². The molecule has 6 nitrogen and oxygen atoms in total. The maximum absolute atomic E-state index is 12.1. The van der Waals surface area contributed by atoms with Crippen LogP contribution < -0.4 is 5.69 Å². The molecule has 2 aromatic heterocycles. The molecular formula is C15H13N3O3. The molecule has 1 aromatic carbocycles. The van der Waals surface area contributed by atoms with Gasteiger partial charge in [0.15, 0.2) is 0 Å². The zero-order chi connectivity index (χ0) is 15.0. The predicted octanol–water partition coefficient (Wildman–Crippen LogP) is 1.49. The molecule has 3 aromatic rings. The van der Waals surface area contributed by atoms with E-state index in [0.717, 1.165) is 5.56 Å². The molecule has 0 bridgehead atoms. The first kappa shape index (κ1) is 13.1. The molecule has 0 saturated carbocycles. The van der Waals surface area contributed by atoms with E-state index in [2.05, 4.69) is 5.10 Å². The van der Waals surface area contributed by atoms with E-state index in [-0.39, 0.29) is 5.69 Å². The van der Waals surface area contributed by atoms with Crippen molar-refractivity contribution in [2.75, 3.05) is 7.11 Å². The summed E-state index contributed by atoms with van der Waals surface area (Å²) in [7, 11) is 2.88. The second-order valence-corrected chi connectivity index (χ2v) is 4.60. The van der Waals surface area contributed by atoms with Gasteiger partial charge in [-0.2, -0.15) is 5.10 Å². The van der Waals surface area contributed by atoms with Gasteiger partial charge in [0.2, 0.25) is 0 Å². The van der Waals surface area contributed by atoms with Crippen LogP contribution in [-0.2, 0) is 11.8 Å². The van der Waals surface area contributed by atoms with Gasteiger partial charge in [0, 0.05) is 18.8 Å². The second-order valence-electron chi connectivity index (χ2n) is 4.60. The van der Waals surface area contributed by atoms with Gasteiger partial charge in [0.05, 0.1) is 18.2 Å². The maximum atomic E-state index is 12.1. The molecule has 0 aliphatic rings. The van der Waals surface area contributed by atoms with Crippen LogP contribution in [0.4, 0.5) is 0 Å². The molecule has 0 spiro atoms. The van der Waals surface area contributed by atoms with Crippen LogP contribution in [0.25, 0.3) is 16.8 Å². The maximum Gasteiger partial charge on any atom is 0.348 e. The molecule has 6 heteroatoms. The Kier molecular flexibility index (Phi) is 3.06. The number of aryl methyl sites for hydroxylation is 1. The van der Waals surface area contributed by atoms with Crippen molar-refractivity contribution in [2.45, 2.75) is 0 Å². The molecule has 0 saturated heterocycles. The molecule has 0 fully saturated rings. The highest BCUT2D eigenvalue weighted by atomic mass is 16.5. The Bertz CT molecular complexity index is 878. The molecule has 106 valence electrons. The highest BCUT2D eigenvalue weighted by molar-refractivity contribution is 5.92. The predicted molar refractivity (Wildman–Crippen MR) is 77.2 cm³/mol. The first-order valence-electron chi connectivity index (χ1n) is 6.35. The first-order chi connectivity index (χ1) is 10.1. The smallest absolute Gasteiger partial charge is 0.348 e. The van der Waals surface area contributed by atoms with E-state index in [9.17, 15) is 9.59 Å². The fourth-order valence-corrected chi connectivity index (χ4v) is 2.23. The van der Waals surface area contributed by atoms with E-state index in [4.69, 9.17) is 4.74 Å². The molecule has 0 radical (unpaired) electrons. The zero-order valence-electron chi connectivity index (χ0n) is 11.6. The summed E-state index contributed by atoms with van der Waals surface area (Å²) in [5.74, 6) is -0.486. The number of rotatable bonds is 2. The van der Waals surface area contributed by atoms with Gasteiger partial charge in [0.1, 0.15) is 5.69 Å². The summed E-state index contributed by atoms with van der Waals surface area (Å²) in [6.07, 6.45) is 1.47. The van der Waals surface area contributed by atoms with Crippen molar-refractivity contribution < 1.29 is 9.53 Å². The van der Waals surface area contributed by atoms with Crippen LogP contribution in [0.5, 0.6) is 0 Å². The lowest BCUT2D eigenvalue weighted by Gasteiger charge is -2.06. The molecule has 2 heterocycles. The van der Waals surface area contributed by atoms with Gasteiger partial charge in [-0.05, 0) is 6.07 Å². The van der Waals surface area contributed by atoms with Crippen LogP contribution in [0.2, 0.25) is 0 Å². The van der Waals surface area contributed by atoms with Gasteiger partial charge in [-0.3, -0.25) is 4.40 Å². The Morgan fingerprint density at radius 2 is 1.95 bits per heavy atom. The molecular weight excluding hydrogens is 270 g/mol. The summed E-state index contributed by atoms with van der Waals surface area (Å²) >= 11 is 0. The topological polar surface area (TPSA) is 65.6 Å². The number of nitrogens with zero attached hydrogens (tertiary/aromatic N) is 3. The number of ether oxygens (including phenoxy) is 1. The van der Waals surface area contributed by atoms with E-state index in [1.54, 1.807) is 13.1 Å². The van der Waals surface area contributed by atoms with Crippen molar-refractivity contribution in [1.29, 1.82) is 0 Å². The minimum atomic E-state index is -0.486. The van der Waals surface area contributed by atoms with Crippen LogP contribution in [0.1, 0.15) is 10.4 Å². The van der Waals surface area contributed by atoms with E-state index < -0.39 is 5.97 Å². The number of benzene rings is 1. The average molecular weight is 283 g/mol. The molecule has 21 heavy (non-hydrogen) atoms. The van der Waals surface area contributed by atoms with Crippen LogP contribution in [0.3, 0.4) is 0 Å². The fourth-order valence-electron chi connectivity index (χ4n) is 2.23. The quantitative estimate of drug-likeness (QED) is 0.668. The Hall–Kier alpha value is -2.89. The van der Waals surface area contributed by atoms with Crippen molar-refractivity contribution in [3.63, 3.8) is 0 Å². The monoisotopic (exact) mass is 283 g/mol. The lowest BCUT2D eigenvalue weighted by atomic mass is 10.1. The first-order valence-corrected chi connectivity index (χ1v) is 6.35. The molecule has 3 rings (SSSR count). The molecule has 0 amide bonds. The highest BCUT2D eigenvalue weighted by Gasteiger charge is 2.16. The van der Waals surface area contributed by atoms with Crippen molar-refractivity contribution in [3.8, 4) is 11.3 Å². The Morgan fingerprint density at radius 1 is 1.24 bits per heavy atom. The number of fused-ring (bicyclic) bond motifs is 1. The molecule has 0 aliphatic heterocycles. The van der Waals surface area contributed by atoms with Gasteiger partial charge in [-0.25, -0.2) is 14.3 Å². The van der Waals surface area contributed by atoms with Crippen LogP contribution >= 0.6 is 0 Å². The summed E-state index contributed by atoms with van der Waals surface area (Å²) < 4.78 is 7.35. The van der Waals surface area contributed by atoms with Crippen molar-refractivity contribution >= 4 is 11.5 Å². The lowest BCUT2D eigenvalue weighted by molar-refractivity contribution is 0.0601. The minimum absolute atomic E-state index is 0.319. The van der Waals surface area contributed by atoms with Crippen molar-refractivity contribution in [1.82, 2.24) is 14.2 Å². The number of esters is 1. The fraction of sp³-hybridized carbons (Fsp3) is 0.133.